The third kappa shape index (κ3) is 5.97. The summed E-state index contributed by atoms with van der Waals surface area (Å²) in [4.78, 5) is 22.4. The molecule has 0 saturated carbocycles. The molecule has 6 nitrogen and oxygen atoms in total. The molecule has 0 radical (unpaired) electrons. The van der Waals surface area contributed by atoms with E-state index in [9.17, 15) is 14.7 Å². The van der Waals surface area contributed by atoms with Crippen LogP contribution in [0.1, 0.15) is 27.2 Å². The second-order valence-electron chi connectivity index (χ2n) is 4.87. The largest absolute Gasteiger partial charge is 0.481 e. The average molecular weight is 261 g/mol. The Morgan fingerprint density at radius 3 is 2.33 bits per heavy atom. The zero-order valence-corrected chi connectivity index (χ0v) is 11.4. The van der Waals surface area contributed by atoms with Crippen LogP contribution in [-0.2, 0) is 14.3 Å². The van der Waals surface area contributed by atoms with E-state index in [0.29, 0.717) is 13.0 Å². The Labute approximate surface area is 107 Å². The normalized spacial score (nSPS) is 17.6. The van der Waals surface area contributed by atoms with Gasteiger partial charge in [0, 0.05) is 32.6 Å². The van der Waals surface area contributed by atoms with Crippen molar-refractivity contribution in [3.05, 3.63) is 0 Å². The fraction of sp³-hybridized carbons (Fsp3) is 0.833. The van der Waals surface area contributed by atoms with Gasteiger partial charge >= 0.3 is 5.97 Å². The highest BCUT2D eigenvalue weighted by Gasteiger charge is 2.27. The van der Waals surface area contributed by atoms with E-state index >= 15 is 0 Å². The van der Waals surface area contributed by atoms with Gasteiger partial charge in [-0.15, -0.1) is 0 Å². The van der Waals surface area contributed by atoms with Crippen molar-refractivity contribution in [3.63, 3.8) is 0 Å². The first-order valence-corrected chi connectivity index (χ1v) is 5.93. The number of hydrogen-bond donors (Lipinski definition) is 3. The number of methoxy groups -OCH3 is 1. The number of amides is 1. The molecular formula is C12H23NO5. The third-order valence-corrected chi connectivity index (χ3v) is 3.04. The highest BCUT2D eigenvalue weighted by atomic mass is 16.5. The van der Waals surface area contributed by atoms with Crippen molar-refractivity contribution in [2.45, 2.75) is 32.8 Å². The van der Waals surface area contributed by atoms with Gasteiger partial charge < -0.3 is 20.3 Å². The van der Waals surface area contributed by atoms with Crippen molar-refractivity contribution in [2.24, 2.45) is 11.8 Å². The number of carboxylic acid groups (broad SMARTS) is 1. The van der Waals surface area contributed by atoms with Gasteiger partial charge in [0.1, 0.15) is 0 Å². The fourth-order valence-electron chi connectivity index (χ4n) is 1.29. The molecule has 106 valence electrons. The van der Waals surface area contributed by atoms with Gasteiger partial charge in [0.15, 0.2) is 0 Å². The standard InChI is InChI=1S/C12H23NO5/c1-8(9(2)11(15)16)10(14)13-7-12(3,17)5-6-18-4/h8-9,17H,5-7H2,1-4H3,(H,13,14)(H,15,16). The highest BCUT2D eigenvalue weighted by Crippen LogP contribution is 2.12. The van der Waals surface area contributed by atoms with E-state index < -0.39 is 23.4 Å². The van der Waals surface area contributed by atoms with Crippen molar-refractivity contribution in [1.82, 2.24) is 5.32 Å². The first kappa shape index (κ1) is 16.9. The first-order valence-electron chi connectivity index (χ1n) is 5.93. The van der Waals surface area contributed by atoms with E-state index in [1.54, 1.807) is 13.8 Å². The molecule has 3 N–H and O–H groups in total. The number of hydrogen-bond acceptors (Lipinski definition) is 4. The van der Waals surface area contributed by atoms with Crippen LogP contribution < -0.4 is 5.32 Å². The Hall–Kier alpha value is -1.14. The molecule has 3 unspecified atom stereocenters. The highest BCUT2D eigenvalue weighted by molar-refractivity contribution is 5.84. The minimum absolute atomic E-state index is 0.0753. The lowest BCUT2D eigenvalue weighted by atomic mass is 9.94. The monoisotopic (exact) mass is 261 g/mol. The fourth-order valence-corrected chi connectivity index (χ4v) is 1.29. The van der Waals surface area contributed by atoms with Crippen molar-refractivity contribution in [1.29, 1.82) is 0 Å². The number of ether oxygens (including phenoxy) is 1. The molecule has 0 bridgehead atoms. The molecule has 0 spiro atoms. The van der Waals surface area contributed by atoms with Gasteiger partial charge in [0.25, 0.3) is 0 Å². The summed E-state index contributed by atoms with van der Waals surface area (Å²) in [5.74, 6) is -2.78. The Morgan fingerprint density at radius 1 is 1.33 bits per heavy atom. The summed E-state index contributed by atoms with van der Waals surface area (Å²) in [5, 5.41) is 21.3. The van der Waals surface area contributed by atoms with E-state index in [4.69, 9.17) is 9.84 Å². The van der Waals surface area contributed by atoms with Crippen LogP contribution in [-0.4, -0.2) is 48.0 Å². The van der Waals surface area contributed by atoms with Gasteiger partial charge in [0.2, 0.25) is 5.91 Å². The van der Waals surface area contributed by atoms with Gasteiger partial charge in [-0.1, -0.05) is 13.8 Å². The van der Waals surface area contributed by atoms with Crippen LogP contribution in [0.4, 0.5) is 0 Å². The van der Waals surface area contributed by atoms with Crippen molar-refractivity contribution in [3.8, 4) is 0 Å². The lowest BCUT2D eigenvalue weighted by Gasteiger charge is -2.25. The predicted octanol–water partition coefficient (Wildman–Crippen LogP) is 0.247. The van der Waals surface area contributed by atoms with Gasteiger partial charge in [-0.05, 0) is 6.92 Å². The summed E-state index contributed by atoms with van der Waals surface area (Å²) >= 11 is 0. The first-order chi connectivity index (χ1) is 8.21. The molecule has 0 aliphatic carbocycles. The molecule has 0 aliphatic rings. The molecule has 1 amide bonds. The number of carbonyl (C=O) groups excluding carboxylic acids is 1. The smallest absolute Gasteiger partial charge is 0.307 e. The summed E-state index contributed by atoms with van der Waals surface area (Å²) in [6.07, 6.45) is 0.395. The van der Waals surface area contributed by atoms with E-state index in [1.165, 1.54) is 14.0 Å². The molecule has 0 fully saturated rings. The second kappa shape index (κ2) is 7.33. The summed E-state index contributed by atoms with van der Waals surface area (Å²) in [6, 6.07) is 0. The molecule has 0 saturated heterocycles. The molecule has 18 heavy (non-hydrogen) atoms. The SMILES string of the molecule is COCCC(C)(O)CNC(=O)C(C)C(C)C(=O)O. The Bertz CT molecular complexity index is 290. The Balaban J connectivity index is 4.20. The molecule has 3 atom stereocenters. The third-order valence-electron chi connectivity index (χ3n) is 3.04. The maximum atomic E-state index is 11.7. The lowest BCUT2D eigenvalue weighted by molar-refractivity contribution is -0.146. The van der Waals surface area contributed by atoms with Crippen LogP contribution in [0.5, 0.6) is 0 Å². The molecular weight excluding hydrogens is 238 g/mol. The minimum atomic E-state index is -1.06. The number of aliphatic carboxylic acids is 1. The molecule has 0 aromatic rings. The zero-order chi connectivity index (χ0) is 14.3. The molecule has 0 aromatic heterocycles. The minimum Gasteiger partial charge on any atom is -0.481 e. The Morgan fingerprint density at radius 2 is 1.89 bits per heavy atom. The van der Waals surface area contributed by atoms with Crippen LogP contribution in [0.3, 0.4) is 0 Å². The van der Waals surface area contributed by atoms with Crippen LogP contribution in [0.2, 0.25) is 0 Å². The molecule has 0 aromatic carbocycles. The van der Waals surface area contributed by atoms with E-state index in [2.05, 4.69) is 5.32 Å². The average Bonchev–Trinajstić information content (AvgIpc) is 2.31. The van der Waals surface area contributed by atoms with Gasteiger partial charge in [-0.25, -0.2) is 0 Å². The summed E-state index contributed by atoms with van der Waals surface area (Å²) in [7, 11) is 1.53. The van der Waals surface area contributed by atoms with E-state index in [1.807, 2.05) is 0 Å². The van der Waals surface area contributed by atoms with Gasteiger partial charge in [0.05, 0.1) is 11.5 Å². The van der Waals surface area contributed by atoms with Crippen LogP contribution in [0, 0.1) is 11.8 Å². The van der Waals surface area contributed by atoms with Crippen molar-refractivity contribution >= 4 is 11.9 Å². The number of rotatable bonds is 8. The van der Waals surface area contributed by atoms with Crippen molar-refractivity contribution in [2.75, 3.05) is 20.3 Å². The molecule has 0 rings (SSSR count). The maximum Gasteiger partial charge on any atom is 0.307 e. The summed E-state index contributed by atoms with van der Waals surface area (Å²) < 4.78 is 4.85. The number of aliphatic hydroxyl groups is 1. The summed E-state index contributed by atoms with van der Waals surface area (Å²) in [6.45, 7) is 5.10. The van der Waals surface area contributed by atoms with Crippen LogP contribution in [0.25, 0.3) is 0 Å². The zero-order valence-electron chi connectivity index (χ0n) is 11.4. The van der Waals surface area contributed by atoms with Crippen molar-refractivity contribution < 1.29 is 24.5 Å². The van der Waals surface area contributed by atoms with Crippen LogP contribution in [0.15, 0.2) is 0 Å². The van der Waals surface area contributed by atoms with E-state index in [-0.39, 0.29) is 12.5 Å². The number of carbonyl (C=O) groups is 2. The quantitative estimate of drug-likeness (QED) is 0.582. The molecule has 6 heteroatoms. The summed E-state index contributed by atoms with van der Waals surface area (Å²) in [5.41, 5.74) is -1.06. The second-order valence-corrected chi connectivity index (χ2v) is 4.87. The molecule has 0 aliphatic heterocycles. The van der Waals surface area contributed by atoms with E-state index in [0.717, 1.165) is 0 Å². The number of nitrogens with one attached hydrogen (secondary N) is 1. The topological polar surface area (TPSA) is 95.9 Å². The lowest BCUT2D eigenvalue weighted by Crippen LogP contribution is -2.44. The predicted molar refractivity (Wildman–Crippen MR) is 66.1 cm³/mol. The Kier molecular flexibility index (Phi) is 6.86. The van der Waals surface area contributed by atoms with Gasteiger partial charge in [-0.3, -0.25) is 9.59 Å². The van der Waals surface area contributed by atoms with Crippen LogP contribution >= 0.6 is 0 Å². The number of carboxylic acids is 1. The maximum absolute atomic E-state index is 11.7. The molecule has 0 heterocycles. The van der Waals surface area contributed by atoms with Gasteiger partial charge in [-0.2, -0.15) is 0 Å².